The van der Waals surface area contributed by atoms with Gasteiger partial charge in [0.2, 0.25) is 0 Å². The lowest BCUT2D eigenvalue weighted by Crippen LogP contribution is -2.36. The first-order valence-corrected chi connectivity index (χ1v) is 3.70. The van der Waals surface area contributed by atoms with Gasteiger partial charge in [0.15, 0.2) is 0 Å². The molecule has 0 aromatic carbocycles. The lowest BCUT2D eigenvalue weighted by atomic mass is 9.99. The molecule has 0 radical (unpaired) electrons. The zero-order chi connectivity index (χ0) is 7.56. The second-order valence-electron chi connectivity index (χ2n) is 2.91. The molecule has 0 amide bonds. The molecule has 3 nitrogen and oxygen atoms in total. The highest BCUT2D eigenvalue weighted by Gasteiger charge is 2.26. The van der Waals surface area contributed by atoms with Crippen molar-refractivity contribution in [3.8, 4) is 0 Å². The third-order valence-corrected chi connectivity index (χ3v) is 2.19. The lowest BCUT2D eigenvalue weighted by Gasteiger charge is -2.12. The normalized spacial score (nSPS) is 22.9. The van der Waals surface area contributed by atoms with Gasteiger partial charge in [-0.05, 0) is 18.8 Å². The van der Waals surface area contributed by atoms with Crippen molar-refractivity contribution in [3.63, 3.8) is 0 Å². The molecule has 0 bridgehead atoms. The van der Waals surface area contributed by atoms with Crippen LogP contribution in [0.1, 0.15) is 25.7 Å². The summed E-state index contributed by atoms with van der Waals surface area (Å²) in [5.74, 6) is -0.621. The Labute approximate surface area is 60.2 Å². The van der Waals surface area contributed by atoms with E-state index in [-0.39, 0.29) is 5.92 Å². The number of aliphatic carboxylic acids is 1. The van der Waals surface area contributed by atoms with Crippen molar-refractivity contribution in [1.29, 1.82) is 0 Å². The Morgan fingerprint density at radius 2 is 2.00 bits per heavy atom. The molecule has 1 fully saturated rings. The minimum atomic E-state index is -0.855. The van der Waals surface area contributed by atoms with Crippen molar-refractivity contribution in [2.45, 2.75) is 31.7 Å². The minimum absolute atomic E-state index is 0.234. The van der Waals surface area contributed by atoms with Gasteiger partial charge < -0.3 is 10.8 Å². The fourth-order valence-electron chi connectivity index (χ4n) is 1.52. The van der Waals surface area contributed by atoms with E-state index in [4.69, 9.17) is 10.8 Å². The van der Waals surface area contributed by atoms with Gasteiger partial charge in [-0.2, -0.15) is 0 Å². The van der Waals surface area contributed by atoms with Crippen LogP contribution in [0.3, 0.4) is 0 Å². The van der Waals surface area contributed by atoms with E-state index in [1.807, 2.05) is 0 Å². The van der Waals surface area contributed by atoms with Crippen LogP contribution in [-0.4, -0.2) is 17.1 Å². The lowest BCUT2D eigenvalue weighted by molar-refractivity contribution is -0.139. The predicted molar refractivity (Wildman–Crippen MR) is 37.6 cm³/mol. The zero-order valence-electron chi connectivity index (χ0n) is 5.92. The molecule has 1 atom stereocenters. The van der Waals surface area contributed by atoms with Gasteiger partial charge in [0.1, 0.15) is 6.04 Å². The summed E-state index contributed by atoms with van der Waals surface area (Å²) in [6.45, 7) is 0. The Morgan fingerprint density at radius 1 is 1.50 bits per heavy atom. The number of hydrogen-bond acceptors (Lipinski definition) is 2. The summed E-state index contributed by atoms with van der Waals surface area (Å²) in [6.07, 6.45) is 4.28. The average molecular weight is 143 g/mol. The summed E-state index contributed by atoms with van der Waals surface area (Å²) in [5.41, 5.74) is 5.42. The molecule has 10 heavy (non-hydrogen) atoms. The number of nitrogens with two attached hydrogens (primary N) is 1. The van der Waals surface area contributed by atoms with E-state index in [9.17, 15) is 4.79 Å². The maximum absolute atomic E-state index is 10.4. The summed E-state index contributed by atoms with van der Waals surface area (Å²) in [7, 11) is 0. The first-order valence-electron chi connectivity index (χ1n) is 3.70. The molecule has 1 saturated carbocycles. The third kappa shape index (κ3) is 1.48. The van der Waals surface area contributed by atoms with Crippen molar-refractivity contribution >= 4 is 5.97 Å². The molecule has 0 spiro atoms. The van der Waals surface area contributed by atoms with Crippen LogP contribution in [0.5, 0.6) is 0 Å². The van der Waals surface area contributed by atoms with Crippen LogP contribution in [0.2, 0.25) is 0 Å². The summed E-state index contributed by atoms with van der Waals surface area (Å²) in [4.78, 5) is 10.4. The highest BCUT2D eigenvalue weighted by atomic mass is 16.4. The molecule has 1 aliphatic carbocycles. The standard InChI is InChI=1S/C7H13NO2/c8-6(7(9)10)5-3-1-2-4-5/h5-6H,1-4,8H2,(H,9,10). The second kappa shape index (κ2) is 3.01. The molecule has 0 aliphatic heterocycles. The Bertz CT molecular complexity index is 130. The van der Waals surface area contributed by atoms with E-state index in [1.165, 1.54) is 0 Å². The van der Waals surface area contributed by atoms with Gasteiger partial charge >= 0.3 is 5.97 Å². The quantitative estimate of drug-likeness (QED) is 0.594. The first kappa shape index (κ1) is 7.54. The SMILES string of the molecule is NC(C(=O)O)C1CCCC1. The molecule has 0 heterocycles. The molecular formula is C7H13NO2. The average Bonchev–Trinajstić information content (AvgIpc) is 2.36. The number of carboxylic acids is 1. The van der Waals surface area contributed by atoms with E-state index in [1.54, 1.807) is 0 Å². The van der Waals surface area contributed by atoms with Crippen LogP contribution in [-0.2, 0) is 4.79 Å². The fraction of sp³-hybridized carbons (Fsp3) is 0.857. The molecule has 0 saturated heterocycles. The van der Waals surface area contributed by atoms with Crippen molar-refractivity contribution in [2.75, 3.05) is 0 Å². The Morgan fingerprint density at radius 3 is 2.40 bits per heavy atom. The summed E-state index contributed by atoms with van der Waals surface area (Å²) in [5, 5.41) is 8.52. The molecule has 0 aromatic heterocycles. The van der Waals surface area contributed by atoms with E-state index in [0.717, 1.165) is 25.7 Å². The molecule has 0 aromatic rings. The van der Waals surface area contributed by atoms with Crippen molar-refractivity contribution in [3.05, 3.63) is 0 Å². The highest BCUT2D eigenvalue weighted by Crippen LogP contribution is 2.26. The Kier molecular flexibility index (Phi) is 2.27. The predicted octanol–water partition coefficient (Wildman–Crippen LogP) is 0.588. The second-order valence-corrected chi connectivity index (χ2v) is 2.91. The maximum Gasteiger partial charge on any atom is 0.320 e. The largest absolute Gasteiger partial charge is 0.480 e. The number of carbonyl (C=O) groups is 1. The summed E-state index contributed by atoms with van der Waals surface area (Å²) >= 11 is 0. The molecular weight excluding hydrogens is 130 g/mol. The van der Waals surface area contributed by atoms with Crippen LogP contribution in [0.4, 0.5) is 0 Å². The number of rotatable bonds is 2. The van der Waals surface area contributed by atoms with Crippen molar-refractivity contribution < 1.29 is 9.90 Å². The molecule has 58 valence electrons. The van der Waals surface area contributed by atoms with E-state index < -0.39 is 12.0 Å². The smallest absolute Gasteiger partial charge is 0.320 e. The van der Waals surface area contributed by atoms with E-state index in [2.05, 4.69) is 0 Å². The van der Waals surface area contributed by atoms with Gasteiger partial charge in [0.05, 0.1) is 0 Å². The van der Waals surface area contributed by atoms with Crippen molar-refractivity contribution in [1.82, 2.24) is 0 Å². The zero-order valence-corrected chi connectivity index (χ0v) is 5.92. The number of carboxylic acid groups (broad SMARTS) is 1. The molecule has 1 unspecified atom stereocenters. The summed E-state index contributed by atoms with van der Waals surface area (Å²) < 4.78 is 0. The van der Waals surface area contributed by atoms with Crippen LogP contribution < -0.4 is 5.73 Å². The van der Waals surface area contributed by atoms with Gasteiger partial charge in [0.25, 0.3) is 0 Å². The third-order valence-electron chi connectivity index (χ3n) is 2.19. The van der Waals surface area contributed by atoms with Crippen LogP contribution in [0.15, 0.2) is 0 Å². The Hall–Kier alpha value is -0.570. The van der Waals surface area contributed by atoms with Crippen LogP contribution in [0, 0.1) is 5.92 Å². The maximum atomic E-state index is 10.4. The fourth-order valence-corrected chi connectivity index (χ4v) is 1.52. The van der Waals surface area contributed by atoms with Crippen LogP contribution >= 0.6 is 0 Å². The first-order chi connectivity index (χ1) is 4.72. The van der Waals surface area contributed by atoms with Gasteiger partial charge in [0, 0.05) is 0 Å². The molecule has 3 N–H and O–H groups in total. The van der Waals surface area contributed by atoms with Crippen LogP contribution in [0.25, 0.3) is 0 Å². The van der Waals surface area contributed by atoms with E-state index >= 15 is 0 Å². The highest BCUT2D eigenvalue weighted by molar-refractivity contribution is 5.73. The Balaban J connectivity index is 2.39. The van der Waals surface area contributed by atoms with Gasteiger partial charge in [-0.3, -0.25) is 4.79 Å². The molecule has 1 rings (SSSR count). The summed E-state index contributed by atoms with van der Waals surface area (Å²) in [6, 6.07) is -0.623. The van der Waals surface area contributed by atoms with Gasteiger partial charge in [-0.15, -0.1) is 0 Å². The molecule has 1 aliphatic rings. The minimum Gasteiger partial charge on any atom is -0.480 e. The van der Waals surface area contributed by atoms with Gasteiger partial charge in [-0.25, -0.2) is 0 Å². The van der Waals surface area contributed by atoms with E-state index in [0.29, 0.717) is 0 Å². The van der Waals surface area contributed by atoms with Gasteiger partial charge in [-0.1, -0.05) is 12.8 Å². The monoisotopic (exact) mass is 143 g/mol. The molecule has 3 heteroatoms. The van der Waals surface area contributed by atoms with Crippen molar-refractivity contribution in [2.24, 2.45) is 11.7 Å². The number of hydrogen-bond donors (Lipinski definition) is 2. The topological polar surface area (TPSA) is 63.3 Å².